The number of rotatable bonds is 5. The molecule has 0 spiro atoms. The minimum absolute atomic E-state index is 0.0962. The lowest BCUT2D eigenvalue weighted by Crippen LogP contribution is -2.16. The quantitative estimate of drug-likeness (QED) is 0.496. The number of carbonyl (C=O) groups is 1. The van der Waals surface area contributed by atoms with Crippen molar-refractivity contribution in [3.05, 3.63) is 64.3 Å². The summed E-state index contributed by atoms with van der Waals surface area (Å²) in [5.74, 6) is 0.588. The molecule has 1 N–H and O–H groups in total. The fourth-order valence-electron chi connectivity index (χ4n) is 2.26. The van der Waals surface area contributed by atoms with E-state index < -0.39 is 5.91 Å². The summed E-state index contributed by atoms with van der Waals surface area (Å²) in [7, 11) is 0. The molecule has 3 aromatic rings. The number of hydrogen-bond acceptors (Lipinski definition) is 4. The van der Waals surface area contributed by atoms with E-state index in [-0.39, 0.29) is 11.9 Å². The Kier molecular flexibility index (Phi) is 5.19. The van der Waals surface area contributed by atoms with Crippen LogP contribution in [0.4, 0.5) is 0 Å². The van der Waals surface area contributed by atoms with Crippen LogP contribution in [0.1, 0.15) is 30.0 Å². The Bertz CT molecular complexity index is 898. The number of nitrogens with zero attached hydrogens (tertiary/aromatic N) is 1. The van der Waals surface area contributed by atoms with Gasteiger partial charge >= 0.3 is 5.91 Å². The van der Waals surface area contributed by atoms with E-state index >= 15 is 0 Å². The topological polar surface area (TPSA) is 63.8 Å². The number of benzene rings is 2. The maximum absolute atomic E-state index is 12.1. The second-order valence-electron chi connectivity index (χ2n) is 5.70. The standard InChI is InChI=1S/C19H17BrN2O3/c1-12(2)24-17-8-7-13(9-15(17)20)11-21-22-19(23)18-10-14-5-3-4-6-16(14)25-18/h3-12H,1-2H3,(H,22,23)/b21-11-. The van der Waals surface area contributed by atoms with Gasteiger partial charge < -0.3 is 9.15 Å². The fraction of sp³-hybridized carbons (Fsp3) is 0.158. The number of furan rings is 1. The smallest absolute Gasteiger partial charge is 0.307 e. The first kappa shape index (κ1) is 17.2. The highest BCUT2D eigenvalue weighted by Gasteiger charge is 2.11. The molecule has 0 atom stereocenters. The number of hydrazone groups is 1. The lowest BCUT2D eigenvalue weighted by molar-refractivity contribution is 0.0929. The third-order valence-electron chi connectivity index (χ3n) is 3.35. The second kappa shape index (κ2) is 7.53. The summed E-state index contributed by atoms with van der Waals surface area (Å²) in [4.78, 5) is 12.1. The highest BCUT2D eigenvalue weighted by Crippen LogP contribution is 2.26. The van der Waals surface area contributed by atoms with Gasteiger partial charge in [0.1, 0.15) is 11.3 Å². The van der Waals surface area contributed by atoms with Crippen LogP contribution in [0.25, 0.3) is 11.0 Å². The molecule has 0 saturated heterocycles. The molecule has 0 aliphatic carbocycles. The zero-order valence-corrected chi connectivity index (χ0v) is 15.4. The van der Waals surface area contributed by atoms with Gasteiger partial charge in [-0.25, -0.2) is 5.43 Å². The maximum Gasteiger partial charge on any atom is 0.307 e. The molecule has 3 rings (SSSR count). The molecule has 0 aliphatic rings. The molecule has 0 aliphatic heterocycles. The predicted octanol–water partition coefficient (Wildman–Crippen LogP) is 4.75. The third kappa shape index (κ3) is 4.28. The van der Waals surface area contributed by atoms with Crippen molar-refractivity contribution in [1.29, 1.82) is 0 Å². The number of fused-ring (bicyclic) bond motifs is 1. The molecule has 0 bridgehead atoms. The molecule has 128 valence electrons. The lowest BCUT2D eigenvalue weighted by Gasteiger charge is -2.11. The van der Waals surface area contributed by atoms with E-state index in [9.17, 15) is 4.79 Å². The van der Waals surface area contributed by atoms with Crippen LogP contribution >= 0.6 is 15.9 Å². The van der Waals surface area contributed by atoms with E-state index in [1.165, 1.54) is 0 Å². The summed E-state index contributed by atoms with van der Waals surface area (Å²) in [5.41, 5.74) is 3.96. The molecule has 5 nitrogen and oxygen atoms in total. The molecule has 0 saturated carbocycles. The van der Waals surface area contributed by atoms with Crippen LogP contribution < -0.4 is 10.2 Å². The molecule has 2 aromatic carbocycles. The molecule has 1 aromatic heterocycles. The molecule has 6 heteroatoms. The molecule has 1 heterocycles. The molecule has 0 unspecified atom stereocenters. The van der Waals surface area contributed by atoms with E-state index in [1.807, 2.05) is 56.3 Å². The molecule has 25 heavy (non-hydrogen) atoms. The number of halogens is 1. The van der Waals surface area contributed by atoms with Crippen LogP contribution in [-0.4, -0.2) is 18.2 Å². The van der Waals surface area contributed by atoms with Crippen LogP contribution in [0.3, 0.4) is 0 Å². The van der Waals surface area contributed by atoms with Crippen molar-refractivity contribution in [3.8, 4) is 5.75 Å². The minimum atomic E-state index is -0.397. The van der Waals surface area contributed by atoms with E-state index in [4.69, 9.17) is 9.15 Å². The summed E-state index contributed by atoms with van der Waals surface area (Å²) in [6.45, 7) is 3.94. The third-order valence-corrected chi connectivity index (χ3v) is 3.97. The van der Waals surface area contributed by atoms with Gasteiger partial charge in [0.15, 0.2) is 5.76 Å². The lowest BCUT2D eigenvalue weighted by atomic mass is 10.2. The van der Waals surface area contributed by atoms with Gasteiger partial charge in [-0.15, -0.1) is 0 Å². The van der Waals surface area contributed by atoms with Crippen molar-refractivity contribution in [1.82, 2.24) is 5.43 Å². The number of ether oxygens (including phenoxy) is 1. The van der Waals surface area contributed by atoms with E-state index in [0.717, 1.165) is 21.2 Å². The fourth-order valence-corrected chi connectivity index (χ4v) is 2.75. The summed E-state index contributed by atoms with van der Waals surface area (Å²) in [5, 5.41) is 4.85. The van der Waals surface area contributed by atoms with Crippen LogP contribution in [0.5, 0.6) is 5.75 Å². The van der Waals surface area contributed by atoms with Crippen molar-refractivity contribution >= 4 is 39.0 Å². The first-order valence-corrected chi connectivity index (χ1v) is 8.60. The van der Waals surface area contributed by atoms with Crippen LogP contribution in [0.15, 0.2) is 62.5 Å². The number of carbonyl (C=O) groups excluding carboxylic acids is 1. The Hall–Kier alpha value is -2.60. The van der Waals surface area contributed by atoms with Gasteiger partial charge in [-0.2, -0.15) is 5.10 Å². The first-order chi connectivity index (χ1) is 12.0. The Labute approximate surface area is 153 Å². The SMILES string of the molecule is CC(C)Oc1ccc(/C=N\NC(=O)c2cc3ccccc3o2)cc1Br. The number of hydrogen-bond donors (Lipinski definition) is 1. The monoisotopic (exact) mass is 400 g/mol. The van der Waals surface area contributed by atoms with Crippen LogP contribution in [0, 0.1) is 0 Å². The largest absolute Gasteiger partial charge is 0.490 e. The van der Waals surface area contributed by atoms with Gasteiger partial charge in [-0.1, -0.05) is 18.2 Å². The summed E-state index contributed by atoms with van der Waals surface area (Å²) < 4.78 is 12.0. The summed E-state index contributed by atoms with van der Waals surface area (Å²) >= 11 is 3.46. The van der Waals surface area contributed by atoms with Crippen LogP contribution in [-0.2, 0) is 0 Å². The van der Waals surface area contributed by atoms with Gasteiger partial charge in [0, 0.05) is 5.39 Å². The summed E-state index contributed by atoms with van der Waals surface area (Å²) in [6, 6.07) is 14.7. The van der Waals surface area contributed by atoms with E-state index in [0.29, 0.717) is 5.58 Å². The van der Waals surface area contributed by atoms with Crippen molar-refractivity contribution in [2.45, 2.75) is 20.0 Å². The molecule has 0 radical (unpaired) electrons. The molecular formula is C19H17BrN2O3. The Balaban J connectivity index is 1.66. The highest BCUT2D eigenvalue weighted by molar-refractivity contribution is 9.10. The normalized spacial score (nSPS) is 11.4. The summed E-state index contributed by atoms with van der Waals surface area (Å²) in [6.07, 6.45) is 1.66. The highest BCUT2D eigenvalue weighted by atomic mass is 79.9. The van der Waals surface area contributed by atoms with Gasteiger partial charge in [0.05, 0.1) is 16.8 Å². The van der Waals surface area contributed by atoms with Crippen LogP contribution in [0.2, 0.25) is 0 Å². The zero-order chi connectivity index (χ0) is 17.8. The van der Waals surface area contributed by atoms with Crippen molar-refractivity contribution in [3.63, 3.8) is 0 Å². The number of nitrogens with one attached hydrogen (secondary N) is 1. The average molecular weight is 401 g/mol. The van der Waals surface area contributed by atoms with Crippen molar-refractivity contribution in [2.24, 2.45) is 5.10 Å². The Morgan fingerprint density at radius 1 is 1.24 bits per heavy atom. The number of para-hydroxylation sites is 1. The Morgan fingerprint density at radius 3 is 2.76 bits per heavy atom. The molecule has 1 amide bonds. The minimum Gasteiger partial charge on any atom is -0.490 e. The zero-order valence-electron chi connectivity index (χ0n) is 13.8. The van der Waals surface area contributed by atoms with E-state index in [2.05, 4.69) is 26.5 Å². The van der Waals surface area contributed by atoms with Crippen molar-refractivity contribution < 1.29 is 13.9 Å². The van der Waals surface area contributed by atoms with Gasteiger partial charge in [-0.3, -0.25) is 4.79 Å². The maximum atomic E-state index is 12.1. The predicted molar refractivity (Wildman–Crippen MR) is 101 cm³/mol. The number of amides is 1. The average Bonchev–Trinajstić information content (AvgIpc) is 3.01. The van der Waals surface area contributed by atoms with E-state index in [1.54, 1.807) is 12.3 Å². The van der Waals surface area contributed by atoms with Gasteiger partial charge in [0.25, 0.3) is 0 Å². The van der Waals surface area contributed by atoms with Gasteiger partial charge in [-0.05, 0) is 65.7 Å². The second-order valence-corrected chi connectivity index (χ2v) is 6.56. The first-order valence-electron chi connectivity index (χ1n) is 7.81. The molecular weight excluding hydrogens is 384 g/mol. The van der Waals surface area contributed by atoms with Gasteiger partial charge in [0.2, 0.25) is 0 Å². The van der Waals surface area contributed by atoms with Crippen molar-refractivity contribution in [2.75, 3.05) is 0 Å². The Morgan fingerprint density at radius 2 is 2.04 bits per heavy atom. The molecule has 0 fully saturated rings.